The number of methoxy groups -OCH3 is 1. The van der Waals surface area contributed by atoms with Gasteiger partial charge in [-0.05, 0) is 36.3 Å². The summed E-state index contributed by atoms with van der Waals surface area (Å²) in [4.78, 5) is 23.7. The second-order valence-electron chi connectivity index (χ2n) is 10.1. The monoisotopic (exact) mass is 404 g/mol. The first-order valence-electron chi connectivity index (χ1n) is 9.33. The second-order valence-corrected chi connectivity index (χ2v) is 19.6. The molecule has 0 fully saturated rings. The van der Waals surface area contributed by atoms with Gasteiger partial charge in [-0.2, -0.15) is 0 Å². The highest BCUT2D eigenvalue weighted by Crippen LogP contribution is 2.39. The van der Waals surface area contributed by atoms with Crippen molar-refractivity contribution < 1.29 is 23.2 Å². The largest absolute Gasteiger partial charge is 0.469 e. The van der Waals surface area contributed by atoms with E-state index in [2.05, 4.69) is 72.5 Å². The maximum Gasteiger partial charge on any atom is 0.313 e. The molecule has 0 bridgehead atoms. The highest BCUT2D eigenvalue weighted by atomic mass is 28.4. The third-order valence-electron chi connectivity index (χ3n) is 5.73. The molecular formula is C19H40O5Si2. The summed E-state index contributed by atoms with van der Waals surface area (Å²) in [6, 6.07) is 0. The molecule has 0 rings (SSSR count). The van der Waals surface area contributed by atoms with E-state index in [4.69, 9.17) is 8.85 Å². The third kappa shape index (κ3) is 8.02. The number of ketones is 1. The van der Waals surface area contributed by atoms with Crippen LogP contribution >= 0.6 is 0 Å². The van der Waals surface area contributed by atoms with Crippen molar-refractivity contribution in [2.75, 3.05) is 13.7 Å². The van der Waals surface area contributed by atoms with Crippen LogP contribution in [0.5, 0.6) is 0 Å². The zero-order valence-electron chi connectivity index (χ0n) is 18.7. The molecule has 0 aliphatic heterocycles. The summed E-state index contributed by atoms with van der Waals surface area (Å²) in [7, 11) is -2.71. The minimum atomic E-state index is -2.06. The Labute approximate surface area is 162 Å². The van der Waals surface area contributed by atoms with Crippen molar-refractivity contribution >= 4 is 28.4 Å². The lowest BCUT2D eigenvalue weighted by Gasteiger charge is -2.41. The molecule has 0 heterocycles. The Morgan fingerprint density at radius 1 is 0.885 bits per heavy atom. The molecule has 0 radical (unpaired) electrons. The van der Waals surface area contributed by atoms with Gasteiger partial charge in [0.25, 0.3) is 0 Å². The highest BCUT2D eigenvalue weighted by molar-refractivity contribution is 6.74. The Bertz CT molecular complexity index is 487. The maximum absolute atomic E-state index is 12.3. The SMILES string of the molecule is COC(=O)CC(=O)C[C@@H](CO[Si](C)(C)C(C)(C)C)O[Si](C)(C)C(C)(C)C. The molecule has 0 aromatic rings. The molecule has 0 amide bonds. The first-order valence-corrected chi connectivity index (χ1v) is 15.1. The Hall–Kier alpha value is -0.506. The van der Waals surface area contributed by atoms with Gasteiger partial charge in [0.1, 0.15) is 12.2 Å². The van der Waals surface area contributed by atoms with Gasteiger partial charge >= 0.3 is 5.97 Å². The van der Waals surface area contributed by atoms with Crippen molar-refractivity contribution in [3.05, 3.63) is 0 Å². The van der Waals surface area contributed by atoms with Crippen molar-refractivity contribution in [3.63, 3.8) is 0 Å². The fraction of sp³-hybridized carbons (Fsp3) is 0.895. The molecule has 0 spiro atoms. The van der Waals surface area contributed by atoms with Gasteiger partial charge in [-0.3, -0.25) is 9.59 Å². The van der Waals surface area contributed by atoms with Crippen LogP contribution in [0.1, 0.15) is 54.4 Å². The van der Waals surface area contributed by atoms with E-state index in [0.29, 0.717) is 6.61 Å². The normalized spacial score (nSPS) is 14.9. The average molecular weight is 405 g/mol. The van der Waals surface area contributed by atoms with Crippen LogP contribution < -0.4 is 0 Å². The number of esters is 1. The van der Waals surface area contributed by atoms with Gasteiger partial charge in [0.15, 0.2) is 16.6 Å². The van der Waals surface area contributed by atoms with Crippen molar-refractivity contribution in [1.29, 1.82) is 0 Å². The van der Waals surface area contributed by atoms with Crippen LogP contribution in [-0.2, 0) is 23.2 Å². The molecule has 26 heavy (non-hydrogen) atoms. The van der Waals surface area contributed by atoms with Gasteiger partial charge in [-0.15, -0.1) is 0 Å². The lowest BCUT2D eigenvalue weighted by atomic mass is 10.1. The zero-order valence-corrected chi connectivity index (χ0v) is 20.7. The molecule has 0 saturated heterocycles. The Kier molecular flexibility index (Phi) is 8.95. The van der Waals surface area contributed by atoms with Gasteiger partial charge in [-0.25, -0.2) is 0 Å². The van der Waals surface area contributed by atoms with Crippen LogP contribution in [-0.4, -0.2) is 48.2 Å². The molecule has 0 N–H and O–H groups in total. The molecule has 0 saturated carbocycles. The molecule has 0 aliphatic rings. The molecule has 154 valence electrons. The van der Waals surface area contributed by atoms with Crippen LogP contribution in [0.15, 0.2) is 0 Å². The van der Waals surface area contributed by atoms with E-state index in [9.17, 15) is 9.59 Å². The summed E-state index contributed by atoms with van der Waals surface area (Å²) in [6.45, 7) is 22.1. The van der Waals surface area contributed by atoms with Crippen LogP contribution in [0.2, 0.25) is 36.3 Å². The topological polar surface area (TPSA) is 61.8 Å². The van der Waals surface area contributed by atoms with Crippen molar-refractivity contribution in [3.8, 4) is 0 Å². The predicted octanol–water partition coefficient (Wildman–Crippen LogP) is 4.92. The molecule has 0 aromatic carbocycles. The van der Waals surface area contributed by atoms with Crippen molar-refractivity contribution in [1.82, 2.24) is 0 Å². The van der Waals surface area contributed by atoms with E-state index in [1.165, 1.54) is 7.11 Å². The number of carbonyl (C=O) groups is 2. The number of hydrogen-bond donors (Lipinski definition) is 0. The smallest absolute Gasteiger partial charge is 0.313 e. The van der Waals surface area contributed by atoms with Gasteiger partial charge in [0.05, 0.1) is 19.8 Å². The lowest BCUT2D eigenvalue weighted by molar-refractivity contribution is -0.143. The van der Waals surface area contributed by atoms with E-state index >= 15 is 0 Å². The lowest BCUT2D eigenvalue weighted by Crippen LogP contribution is -2.48. The van der Waals surface area contributed by atoms with E-state index in [1.807, 2.05) is 0 Å². The van der Waals surface area contributed by atoms with E-state index in [0.717, 1.165) is 0 Å². The summed E-state index contributed by atoms with van der Waals surface area (Å²) in [5.74, 6) is -0.675. The van der Waals surface area contributed by atoms with Crippen LogP contribution in [0.25, 0.3) is 0 Å². The molecule has 7 heteroatoms. The van der Waals surface area contributed by atoms with Crippen LogP contribution in [0, 0.1) is 0 Å². The number of ether oxygens (including phenoxy) is 1. The molecule has 0 unspecified atom stereocenters. The Balaban J connectivity index is 5.23. The molecular weight excluding hydrogens is 364 g/mol. The minimum Gasteiger partial charge on any atom is -0.469 e. The second kappa shape index (κ2) is 9.12. The fourth-order valence-electron chi connectivity index (χ4n) is 1.81. The summed E-state index contributed by atoms with van der Waals surface area (Å²) < 4.78 is 17.4. The summed E-state index contributed by atoms with van der Waals surface area (Å²) in [6.07, 6.45) is -0.369. The maximum atomic E-state index is 12.3. The van der Waals surface area contributed by atoms with Gasteiger partial charge in [0, 0.05) is 6.42 Å². The van der Waals surface area contributed by atoms with Crippen molar-refractivity contribution in [2.45, 2.75) is 96.8 Å². The molecule has 0 aliphatic carbocycles. The summed E-state index contributed by atoms with van der Waals surface area (Å²) in [5.41, 5.74) is 0. The van der Waals surface area contributed by atoms with E-state index < -0.39 is 22.6 Å². The number of Topliss-reactive ketones (excluding diaryl/α,β-unsaturated/α-hetero) is 1. The van der Waals surface area contributed by atoms with Gasteiger partial charge in [-0.1, -0.05) is 41.5 Å². The zero-order chi connectivity index (χ0) is 21.0. The van der Waals surface area contributed by atoms with Gasteiger partial charge < -0.3 is 13.6 Å². The average Bonchev–Trinajstić information content (AvgIpc) is 2.41. The fourth-order valence-corrected chi connectivity index (χ4v) is 4.18. The summed E-state index contributed by atoms with van der Waals surface area (Å²) in [5, 5.41) is 0.123. The molecule has 1 atom stereocenters. The molecule has 5 nitrogen and oxygen atoms in total. The quantitative estimate of drug-likeness (QED) is 0.310. The van der Waals surface area contributed by atoms with Gasteiger partial charge in [0.2, 0.25) is 0 Å². The first kappa shape index (κ1) is 25.5. The number of rotatable bonds is 9. The van der Waals surface area contributed by atoms with Crippen molar-refractivity contribution in [2.24, 2.45) is 0 Å². The Morgan fingerprint density at radius 3 is 1.73 bits per heavy atom. The number of hydrogen-bond acceptors (Lipinski definition) is 5. The third-order valence-corrected chi connectivity index (χ3v) is 14.8. The molecule has 0 aromatic heterocycles. The number of carbonyl (C=O) groups excluding carboxylic acids is 2. The van der Waals surface area contributed by atoms with Crippen LogP contribution in [0.4, 0.5) is 0 Å². The van der Waals surface area contributed by atoms with Crippen LogP contribution in [0.3, 0.4) is 0 Å². The standard InChI is InChI=1S/C19H40O5Si2/c1-18(2,3)25(8,9)23-14-16(12-15(20)13-17(21)22-7)24-26(10,11)19(4,5)6/h16H,12-14H2,1-11H3/t16-/m0/s1. The predicted molar refractivity (Wildman–Crippen MR) is 111 cm³/mol. The first-order chi connectivity index (χ1) is 11.4. The van der Waals surface area contributed by atoms with E-state index in [1.54, 1.807) is 0 Å². The minimum absolute atomic E-state index is 0.0353. The van der Waals surface area contributed by atoms with E-state index in [-0.39, 0.29) is 34.8 Å². The highest BCUT2D eigenvalue weighted by Gasteiger charge is 2.41. The summed E-state index contributed by atoms with van der Waals surface area (Å²) >= 11 is 0. The Morgan fingerprint density at radius 2 is 1.35 bits per heavy atom.